The maximum atomic E-state index is 12.4. The first-order valence-corrected chi connectivity index (χ1v) is 7.87. The number of ether oxygens (including phenoxy) is 1. The fourth-order valence-corrected chi connectivity index (χ4v) is 2.46. The highest BCUT2D eigenvalue weighted by Gasteiger charge is 2.17. The van der Waals surface area contributed by atoms with E-state index in [1.807, 2.05) is 19.1 Å². The Kier molecular flexibility index (Phi) is 5.09. The number of nitrogens with one attached hydrogen (secondary N) is 1. The summed E-state index contributed by atoms with van der Waals surface area (Å²) in [5.74, 6) is 0.454. The van der Waals surface area contributed by atoms with Gasteiger partial charge in [0.2, 0.25) is 0 Å². The van der Waals surface area contributed by atoms with E-state index in [4.69, 9.17) is 4.74 Å². The van der Waals surface area contributed by atoms with Gasteiger partial charge >= 0.3 is 0 Å². The zero-order valence-corrected chi connectivity index (χ0v) is 14.5. The van der Waals surface area contributed by atoms with Crippen LogP contribution < -0.4 is 10.1 Å². The summed E-state index contributed by atoms with van der Waals surface area (Å²) in [6, 6.07) is 15.6. The molecule has 0 spiro atoms. The number of carbonyl (C=O) groups excluding carboxylic acids is 1. The summed E-state index contributed by atoms with van der Waals surface area (Å²) in [4.78, 5) is 12.4. The Morgan fingerprint density at radius 3 is 2.22 bits per heavy atom. The van der Waals surface area contributed by atoms with Crippen LogP contribution in [0.5, 0.6) is 5.75 Å². The first-order valence-electron chi connectivity index (χ1n) is 7.87. The molecule has 0 fully saturated rings. The van der Waals surface area contributed by atoms with E-state index in [2.05, 4.69) is 50.4 Å². The van der Waals surface area contributed by atoms with Crippen LogP contribution in [0, 0.1) is 0 Å². The average molecular weight is 311 g/mol. The third kappa shape index (κ3) is 4.13. The van der Waals surface area contributed by atoms with E-state index in [-0.39, 0.29) is 17.4 Å². The van der Waals surface area contributed by atoms with Crippen molar-refractivity contribution in [2.45, 2.75) is 39.2 Å². The van der Waals surface area contributed by atoms with E-state index in [0.29, 0.717) is 11.3 Å². The van der Waals surface area contributed by atoms with Crippen LogP contribution in [0.25, 0.3) is 0 Å². The molecule has 23 heavy (non-hydrogen) atoms. The maximum absolute atomic E-state index is 12.4. The smallest absolute Gasteiger partial charge is 0.255 e. The fraction of sp³-hybridized carbons (Fsp3) is 0.350. The van der Waals surface area contributed by atoms with Gasteiger partial charge in [-0.05, 0) is 35.6 Å². The van der Waals surface area contributed by atoms with Crippen molar-refractivity contribution in [3.8, 4) is 5.75 Å². The van der Waals surface area contributed by atoms with Crippen LogP contribution in [-0.2, 0) is 5.41 Å². The molecule has 0 saturated carbocycles. The van der Waals surface area contributed by atoms with E-state index < -0.39 is 0 Å². The standard InChI is InChI=1S/C20H25NO2/c1-14(15-10-12-16(13-11-15)20(2,3)4)21-19(22)17-8-6-7-9-18(17)23-5/h6-14H,1-5H3,(H,21,22). The maximum Gasteiger partial charge on any atom is 0.255 e. The van der Waals surface area contributed by atoms with Crippen LogP contribution in [-0.4, -0.2) is 13.0 Å². The number of hydrogen-bond donors (Lipinski definition) is 1. The molecule has 1 atom stereocenters. The van der Waals surface area contributed by atoms with Crippen LogP contribution in [0.4, 0.5) is 0 Å². The van der Waals surface area contributed by atoms with Gasteiger partial charge in [0.15, 0.2) is 0 Å². The first-order chi connectivity index (χ1) is 10.8. The molecule has 0 saturated heterocycles. The van der Waals surface area contributed by atoms with E-state index >= 15 is 0 Å². The van der Waals surface area contributed by atoms with Crippen molar-refractivity contribution in [3.63, 3.8) is 0 Å². The molecule has 1 amide bonds. The lowest BCUT2D eigenvalue weighted by Gasteiger charge is -2.21. The summed E-state index contributed by atoms with van der Waals surface area (Å²) in [5.41, 5.74) is 3.04. The van der Waals surface area contributed by atoms with Crippen molar-refractivity contribution in [3.05, 3.63) is 65.2 Å². The van der Waals surface area contributed by atoms with Gasteiger partial charge in [0, 0.05) is 0 Å². The molecular weight excluding hydrogens is 286 g/mol. The molecule has 0 bridgehead atoms. The van der Waals surface area contributed by atoms with Crippen molar-refractivity contribution in [2.24, 2.45) is 0 Å². The summed E-state index contributed by atoms with van der Waals surface area (Å²) >= 11 is 0. The van der Waals surface area contributed by atoms with Gasteiger partial charge in [-0.1, -0.05) is 57.2 Å². The van der Waals surface area contributed by atoms with Crippen molar-refractivity contribution < 1.29 is 9.53 Å². The van der Waals surface area contributed by atoms with Gasteiger partial charge in [0.25, 0.3) is 5.91 Å². The molecule has 2 rings (SSSR count). The molecule has 0 heterocycles. The van der Waals surface area contributed by atoms with Crippen LogP contribution >= 0.6 is 0 Å². The van der Waals surface area contributed by atoms with Crippen molar-refractivity contribution in [1.82, 2.24) is 5.32 Å². The molecule has 0 aromatic heterocycles. The summed E-state index contributed by atoms with van der Waals surface area (Å²) in [6.07, 6.45) is 0. The van der Waals surface area contributed by atoms with Gasteiger partial charge in [-0.15, -0.1) is 0 Å². The number of benzene rings is 2. The van der Waals surface area contributed by atoms with Crippen LogP contribution in [0.2, 0.25) is 0 Å². The van der Waals surface area contributed by atoms with Gasteiger partial charge in [-0.25, -0.2) is 0 Å². The van der Waals surface area contributed by atoms with Gasteiger partial charge in [-0.2, -0.15) is 0 Å². The zero-order chi connectivity index (χ0) is 17.0. The van der Waals surface area contributed by atoms with Gasteiger partial charge in [0.05, 0.1) is 18.7 Å². The molecule has 0 radical (unpaired) electrons. The highest BCUT2D eigenvalue weighted by molar-refractivity contribution is 5.97. The Labute approximate surface area is 138 Å². The Balaban J connectivity index is 2.12. The number of hydrogen-bond acceptors (Lipinski definition) is 2. The zero-order valence-electron chi connectivity index (χ0n) is 14.5. The van der Waals surface area contributed by atoms with E-state index in [1.54, 1.807) is 19.2 Å². The second kappa shape index (κ2) is 6.86. The topological polar surface area (TPSA) is 38.3 Å². The average Bonchev–Trinajstić information content (AvgIpc) is 2.54. The van der Waals surface area contributed by atoms with Crippen LogP contribution in [0.15, 0.2) is 48.5 Å². The van der Waals surface area contributed by atoms with Gasteiger partial charge < -0.3 is 10.1 Å². The van der Waals surface area contributed by atoms with Crippen LogP contribution in [0.1, 0.15) is 55.2 Å². The first kappa shape index (κ1) is 17.1. The summed E-state index contributed by atoms with van der Waals surface area (Å²) in [7, 11) is 1.57. The predicted molar refractivity (Wildman–Crippen MR) is 94.0 cm³/mol. The minimum Gasteiger partial charge on any atom is -0.496 e. The number of methoxy groups -OCH3 is 1. The highest BCUT2D eigenvalue weighted by Crippen LogP contribution is 2.24. The van der Waals surface area contributed by atoms with Crippen molar-refractivity contribution in [2.75, 3.05) is 7.11 Å². The van der Waals surface area contributed by atoms with Crippen molar-refractivity contribution >= 4 is 5.91 Å². The monoisotopic (exact) mass is 311 g/mol. The third-order valence-electron chi connectivity index (χ3n) is 3.98. The lowest BCUT2D eigenvalue weighted by Crippen LogP contribution is -2.27. The van der Waals surface area contributed by atoms with E-state index in [9.17, 15) is 4.79 Å². The minimum atomic E-state index is -0.130. The lowest BCUT2D eigenvalue weighted by molar-refractivity contribution is 0.0937. The lowest BCUT2D eigenvalue weighted by atomic mass is 9.86. The van der Waals surface area contributed by atoms with E-state index in [1.165, 1.54) is 5.56 Å². The Bertz CT molecular complexity index is 669. The number of rotatable bonds is 4. The molecule has 0 aliphatic heterocycles. The quantitative estimate of drug-likeness (QED) is 0.904. The molecular formula is C20H25NO2. The SMILES string of the molecule is COc1ccccc1C(=O)NC(C)c1ccc(C(C)(C)C)cc1. The normalized spacial score (nSPS) is 12.6. The van der Waals surface area contributed by atoms with Gasteiger partial charge in [-0.3, -0.25) is 4.79 Å². The summed E-state index contributed by atoms with van der Waals surface area (Å²) in [6.45, 7) is 8.55. The van der Waals surface area contributed by atoms with Gasteiger partial charge in [0.1, 0.15) is 5.75 Å². The Morgan fingerprint density at radius 2 is 1.65 bits per heavy atom. The highest BCUT2D eigenvalue weighted by atomic mass is 16.5. The van der Waals surface area contributed by atoms with E-state index in [0.717, 1.165) is 5.56 Å². The minimum absolute atomic E-state index is 0.0681. The van der Waals surface area contributed by atoms with Crippen molar-refractivity contribution in [1.29, 1.82) is 0 Å². The molecule has 122 valence electrons. The second-order valence-electron chi connectivity index (χ2n) is 6.77. The number of para-hydroxylation sites is 1. The predicted octanol–water partition coefficient (Wildman–Crippen LogP) is 4.48. The Hall–Kier alpha value is -2.29. The number of amides is 1. The largest absolute Gasteiger partial charge is 0.496 e. The summed E-state index contributed by atoms with van der Waals surface area (Å²) < 4.78 is 5.25. The Morgan fingerprint density at radius 1 is 1.04 bits per heavy atom. The fourth-order valence-electron chi connectivity index (χ4n) is 2.46. The molecule has 2 aromatic rings. The molecule has 0 aliphatic rings. The van der Waals surface area contributed by atoms with Crippen LogP contribution in [0.3, 0.4) is 0 Å². The number of carbonyl (C=O) groups is 1. The second-order valence-corrected chi connectivity index (χ2v) is 6.77. The summed E-state index contributed by atoms with van der Waals surface area (Å²) in [5, 5.41) is 3.03. The molecule has 2 aromatic carbocycles. The molecule has 1 N–H and O–H groups in total. The third-order valence-corrected chi connectivity index (χ3v) is 3.98. The molecule has 3 heteroatoms. The molecule has 3 nitrogen and oxygen atoms in total. The molecule has 1 unspecified atom stereocenters. The molecule has 0 aliphatic carbocycles.